The minimum Gasteiger partial charge on any atom is -0.387 e. The van der Waals surface area contributed by atoms with Gasteiger partial charge in [0.05, 0.1) is 17.9 Å². The van der Waals surface area contributed by atoms with Gasteiger partial charge in [-0.05, 0) is 25.7 Å². The third kappa shape index (κ3) is 34.2. The van der Waals surface area contributed by atoms with E-state index in [4.69, 9.17) is 0 Å². The molecule has 1 amide bonds. The van der Waals surface area contributed by atoms with Crippen LogP contribution in [0.2, 0.25) is 0 Å². The van der Waals surface area contributed by atoms with Gasteiger partial charge in [-0.3, -0.25) is 9.35 Å². The van der Waals surface area contributed by atoms with Crippen molar-refractivity contribution in [3.8, 4) is 0 Å². The normalized spacial score (nSPS) is 13.6. The summed E-state index contributed by atoms with van der Waals surface area (Å²) in [5.74, 6) is -0.996. The van der Waals surface area contributed by atoms with Crippen LogP contribution in [0, 0.1) is 0 Å². The van der Waals surface area contributed by atoms with E-state index in [9.17, 15) is 22.9 Å². The standard InChI is InChI=1S/C39H75NO5S/c1-3-5-7-9-11-13-14-15-16-17-18-19-20-21-22-23-24-25-26-27-29-31-33-35-39(42)40-37(36-46(43,44)45)38(41)34-32-30-28-12-10-8-6-4-2/h10,12,32,34,37-38,41H,3-9,11,13-31,33,35-36H2,1-2H3,(H,40,42)(H,43,44,45)/b12-10+,34-32+. The number of nitrogens with one attached hydrogen (secondary N) is 1. The summed E-state index contributed by atoms with van der Waals surface area (Å²) < 4.78 is 32.2. The fourth-order valence-corrected chi connectivity index (χ4v) is 6.66. The highest BCUT2D eigenvalue weighted by atomic mass is 32.2. The Hall–Kier alpha value is -1.18. The second kappa shape index (κ2) is 33.7. The molecule has 0 aromatic carbocycles. The van der Waals surface area contributed by atoms with Crippen molar-refractivity contribution in [1.29, 1.82) is 0 Å². The maximum atomic E-state index is 12.4. The Balaban J connectivity index is 3.74. The maximum absolute atomic E-state index is 12.4. The molecule has 0 aliphatic carbocycles. The van der Waals surface area contributed by atoms with E-state index in [1.807, 2.05) is 0 Å². The van der Waals surface area contributed by atoms with Crippen LogP contribution in [0.25, 0.3) is 0 Å². The van der Waals surface area contributed by atoms with Gasteiger partial charge in [-0.1, -0.05) is 192 Å². The Morgan fingerprint density at radius 3 is 1.35 bits per heavy atom. The number of allylic oxidation sites excluding steroid dienone is 3. The first-order valence-electron chi connectivity index (χ1n) is 19.5. The molecule has 0 aliphatic rings. The molecule has 0 heterocycles. The topological polar surface area (TPSA) is 104 Å². The van der Waals surface area contributed by atoms with Crippen molar-refractivity contribution in [2.45, 2.75) is 212 Å². The highest BCUT2D eigenvalue weighted by Crippen LogP contribution is 2.16. The van der Waals surface area contributed by atoms with Gasteiger partial charge in [-0.25, -0.2) is 0 Å². The molecule has 7 heteroatoms. The minimum atomic E-state index is -4.34. The van der Waals surface area contributed by atoms with Crippen LogP contribution in [-0.4, -0.2) is 41.9 Å². The van der Waals surface area contributed by atoms with Gasteiger partial charge in [-0.2, -0.15) is 8.42 Å². The molecule has 2 unspecified atom stereocenters. The number of aliphatic hydroxyl groups is 1. The van der Waals surface area contributed by atoms with Gasteiger partial charge in [0.1, 0.15) is 0 Å². The van der Waals surface area contributed by atoms with Crippen LogP contribution in [0.4, 0.5) is 0 Å². The maximum Gasteiger partial charge on any atom is 0.267 e. The number of carbonyl (C=O) groups excluding carboxylic acids is 1. The van der Waals surface area contributed by atoms with Crippen molar-refractivity contribution >= 4 is 16.0 Å². The minimum absolute atomic E-state index is 0.288. The van der Waals surface area contributed by atoms with Crippen molar-refractivity contribution < 1.29 is 22.9 Å². The number of hydrogen-bond acceptors (Lipinski definition) is 4. The number of aliphatic hydroxyl groups excluding tert-OH is 1. The van der Waals surface area contributed by atoms with Gasteiger partial charge >= 0.3 is 0 Å². The Kier molecular flexibility index (Phi) is 32.8. The monoisotopic (exact) mass is 670 g/mol. The first-order chi connectivity index (χ1) is 22.3. The first kappa shape index (κ1) is 44.8. The van der Waals surface area contributed by atoms with Gasteiger partial charge in [0.2, 0.25) is 5.91 Å². The Bertz CT molecular complexity index is 826. The zero-order valence-corrected chi connectivity index (χ0v) is 31.0. The SMILES string of the molecule is CCCC/C=C/CC/C=C/C(O)C(CS(=O)(=O)O)NC(=O)CCCCCCCCCCCCCCCCCCCCCCCCC. The van der Waals surface area contributed by atoms with Crippen molar-refractivity contribution in [2.24, 2.45) is 0 Å². The predicted molar refractivity (Wildman–Crippen MR) is 198 cm³/mol. The molecule has 6 nitrogen and oxygen atoms in total. The number of unbranched alkanes of at least 4 members (excludes halogenated alkanes) is 25. The lowest BCUT2D eigenvalue weighted by Crippen LogP contribution is -2.46. The first-order valence-corrected chi connectivity index (χ1v) is 21.1. The molecule has 2 atom stereocenters. The van der Waals surface area contributed by atoms with E-state index in [1.165, 1.54) is 141 Å². The summed E-state index contributed by atoms with van der Waals surface area (Å²) in [6, 6.07) is -1.07. The highest BCUT2D eigenvalue weighted by molar-refractivity contribution is 7.85. The molecule has 0 fully saturated rings. The van der Waals surface area contributed by atoms with E-state index in [0.717, 1.165) is 38.5 Å². The summed E-state index contributed by atoms with van der Waals surface area (Å²) in [6.45, 7) is 4.44. The van der Waals surface area contributed by atoms with Gasteiger partial charge in [0, 0.05) is 6.42 Å². The lowest BCUT2D eigenvalue weighted by atomic mass is 10.0. The molecule has 3 N–H and O–H groups in total. The molecule has 0 aliphatic heterocycles. The van der Waals surface area contributed by atoms with E-state index in [-0.39, 0.29) is 5.91 Å². The van der Waals surface area contributed by atoms with Crippen LogP contribution < -0.4 is 5.32 Å². The van der Waals surface area contributed by atoms with Gasteiger partial charge in [-0.15, -0.1) is 0 Å². The van der Waals surface area contributed by atoms with Crippen LogP contribution in [0.1, 0.15) is 200 Å². The van der Waals surface area contributed by atoms with Gasteiger partial charge in [0.15, 0.2) is 0 Å². The molecule has 272 valence electrons. The molecular formula is C39H75NO5S. The molecular weight excluding hydrogens is 594 g/mol. The summed E-state index contributed by atoms with van der Waals surface area (Å²) in [4.78, 5) is 12.4. The van der Waals surface area contributed by atoms with Crippen molar-refractivity contribution in [3.63, 3.8) is 0 Å². The largest absolute Gasteiger partial charge is 0.387 e. The van der Waals surface area contributed by atoms with Crippen molar-refractivity contribution in [3.05, 3.63) is 24.3 Å². The summed E-state index contributed by atoms with van der Waals surface area (Å²) in [5.41, 5.74) is 0. The lowest BCUT2D eigenvalue weighted by Gasteiger charge is -2.21. The fraction of sp³-hybridized carbons (Fsp3) is 0.872. The van der Waals surface area contributed by atoms with Crippen LogP contribution in [-0.2, 0) is 14.9 Å². The third-order valence-corrected chi connectivity index (χ3v) is 9.66. The van der Waals surface area contributed by atoms with Crippen LogP contribution in [0.3, 0.4) is 0 Å². The van der Waals surface area contributed by atoms with E-state index < -0.39 is 28.0 Å². The molecule has 0 radical (unpaired) electrons. The Morgan fingerprint density at radius 1 is 0.565 bits per heavy atom. The van der Waals surface area contributed by atoms with Crippen molar-refractivity contribution in [2.75, 3.05) is 5.75 Å². The van der Waals surface area contributed by atoms with Gasteiger partial charge < -0.3 is 10.4 Å². The Labute approximate surface area is 285 Å². The highest BCUT2D eigenvalue weighted by Gasteiger charge is 2.24. The second-order valence-electron chi connectivity index (χ2n) is 13.6. The smallest absolute Gasteiger partial charge is 0.267 e. The number of rotatable bonds is 35. The lowest BCUT2D eigenvalue weighted by molar-refractivity contribution is -0.122. The number of amides is 1. The van der Waals surface area contributed by atoms with Gasteiger partial charge in [0.25, 0.3) is 10.1 Å². The second-order valence-corrected chi connectivity index (χ2v) is 15.1. The average molecular weight is 670 g/mol. The zero-order valence-electron chi connectivity index (χ0n) is 30.2. The quantitative estimate of drug-likeness (QED) is 0.0354. The van der Waals surface area contributed by atoms with Crippen LogP contribution in [0.5, 0.6) is 0 Å². The summed E-state index contributed by atoms with van der Waals surface area (Å²) >= 11 is 0. The molecule has 0 aromatic heterocycles. The molecule has 0 aromatic rings. The molecule has 0 bridgehead atoms. The van der Waals surface area contributed by atoms with E-state index in [0.29, 0.717) is 12.8 Å². The van der Waals surface area contributed by atoms with Crippen LogP contribution in [0.15, 0.2) is 24.3 Å². The van der Waals surface area contributed by atoms with Crippen molar-refractivity contribution in [1.82, 2.24) is 5.32 Å². The molecule has 0 saturated heterocycles. The number of hydrogen-bond donors (Lipinski definition) is 3. The number of carbonyl (C=O) groups is 1. The van der Waals surface area contributed by atoms with E-state index >= 15 is 0 Å². The average Bonchev–Trinajstić information content (AvgIpc) is 3.01. The Morgan fingerprint density at radius 2 is 0.935 bits per heavy atom. The zero-order chi connectivity index (χ0) is 34.0. The fourth-order valence-electron chi connectivity index (χ4n) is 5.92. The van der Waals surface area contributed by atoms with E-state index in [1.54, 1.807) is 6.08 Å². The molecule has 0 saturated carbocycles. The summed E-state index contributed by atoms with van der Waals surface area (Å²) in [6.07, 6.45) is 42.0. The van der Waals surface area contributed by atoms with E-state index in [2.05, 4.69) is 31.3 Å². The summed E-state index contributed by atoms with van der Waals surface area (Å²) in [5, 5.41) is 13.1. The molecule has 0 rings (SSSR count). The third-order valence-electron chi connectivity index (χ3n) is 8.88. The molecule has 0 spiro atoms. The van der Waals surface area contributed by atoms with Crippen LogP contribution >= 0.6 is 0 Å². The predicted octanol–water partition coefficient (Wildman–Crippen LogP) is 11.2. The summed E-state index contributed by atoms with van der Waals surface area (Å²) in [7, 11) is -4.34. The molecule has 46 heavy (non-hydrogen) atoms.